The zero-order chi connectivity index (χ0) is 22.8. The van der Waals surface area contributed by atoms with Gasteiger partial charge in [-0.05, 0) is 56.0 Å². The summed E-state index contributed by atoms with van der Waals surface area (Å²) in [5, 5.41) is 18.1. The summed E-state index contributed by atoms with van der Waals surface area (Å²) in [7, 11) is 1.64. The number of non-ortho nitro benzene ring substituents is 1. The molecule has 1 aliphatic carbocycles. The SMILES string of the molecule is CCOC(=O)/C=C(\C)N1N=C2c3ccc(OC)cc3CCC2C1c1cccc([N+](=O)[O-])c1. The van der Waals surface area contributed by atoms with E-state index in [1.165, 1.54) is 12.1 Å². The molecule has 0 fully saturated rings. The molecule has 8 heteroatoms. The third kappa shape index (κ3) is 3.95. The molecule has 0 spiro atoms. The lowest BCUT2D eigenvalue weighted by Gasteiger charge is -2.31. The second-order valence-corrected chi connectivity index (χ2v) is 7.83. The number of hydrogen-bond acceptors (Lipinski definition) is 7. The van der Waals surface area contributed by atoms with Crippen molar-refractivity contribution in [2.24, 2.45) is 11.0 Å². The molecule has 2 aromatic rings. The Hall–Kier alpha value is -3.68. The lowest BCUT2D eigenvalue weighted by atomic mass is 9.77. The van der Waals surface area contributed by atoms with Gasteiger partial charge in [0.25, 0.3) is 5.69 Å². The maximum atomic E-state index is 12.1. The first kappa shape index (κ1) is 21.5. The molecule has 0 saturated carbocycles. The Morgan fingerprint density at radius 1 is 1.31 bits per heavy atom. The molecule has 1 heterocycles. The summed E-state index contributed by atoms with van der Waals surface area (Å²) in [6.07, 6.45) is 3.09. The van der Waals surface area contributed by atoms with Crippen molar-refractivity contribution in [1.29, 1.82) is 0 Å². The third-order valence-electron chi connectivity index (χ3n) is 5.92. The van der Waals surface area contributed by atoms with E-state index >= 15 is 0 Å². The summed E-state index contributed by atoms with van der Waals surface area (Å²) in [5.74, 6) is 0.387. The van der Waals surface area contributed by atoms with Gasteiger partial charge in [0, 0.05) is 35.4 Å². The summed E-state index contributed by atoms with van der Waals surface area (Å²) in [6, 6.07) is 12.3. The summed E-state index contributed by atoms with van der Waals surface area (Å²) >= 11 is 0. The number of methoxy groups -OCH3 is 1. The molecule has 2 atom stereocenters. The zero-order valence-electron chi connectivity index (χ0n) is 18.3. The lowest BCUT2D eigenvalue weighted by molar-refractivity contribution is -0.385. The van der Waals surface area contributed by atoms with E-state index in [0.717, 1.165) is 41.0 Å². The topological polar surface area (TPSA) is 94.3 Å². The molecule has 0 N–H and O–H groups in total. The lowest BCUT2D eigenvalue weighted by Crippen LogP contribution is -2.28. The number of esters is 1. The molecule has 2 unspecified atom stereocenters. The second-order valence-electron chi connectivity index (χ2n) is 7.83. The van der Waals surface area contributed by atoms with Crippen molar-refractivity contribution in [1.82, 2.24) is 5.01 Å². The quantitative estimate of drug-likeness (QED) is 0.289. The average Bonchev–Trinajstić information content (AvgIpc) is 3.19. The van der Waals surface area contributed by atoms with Gasteiger partial charge in [-0.1, -0.05) is 12.1 Å². The molecule has 0 saturated heterocycles. The number of fused-ring (bicyclic) bond motifs is 3. The highest BCUT2D eigenvalue weighted by molar-refractivity contribution is 6.06. The van der Waals surface area contributed by atoms with Crippen LogP contribution in [0.1, 0.15) is 43.0 Å². The maximum absolute atomic E-state index is 12.1. The smallest absolute Gasteiger partial charge is 0.332 e. The Kier molecular flexibility index (Phi) is 5.94. The van der Waals surface area contributed by atoms with Gasteiger partial charge in [0.2, 0.25) is 0 Å². The Balaban J connectivity index is 1.80. The van der Waals surface area contributed by atoms with Gasteiger partial charge in [-0.15, -0.1) is 0 Å². The maximum Gasteiger partial charge on any atom is 0.332 e. The van der Waals surface area contributed by atoms with E-state index < -0.39 is 10.9 Å². The van der Waals surface area contributed by atoms with Crippen molar-refractivity contribution < 1.29 is 19.2 Å². The fourth-order valence-corrected chi connectivity index (χ4v) is 4.50. The molecule has 4 rings (SSSR count). The summed E-state index contributed by atoms with van der Waals surface area (Å²) < 4.78 is 10.4. The van der Waals surface area contributed by atoms with E-state index in [1.807, 2.05) is 24.3 Å². The van der Waals surface area contributed by atoms with Crippen LogP contribution in [0.15, 0.2) is 59.3 Å². The first-order valence-corrected chi connectivity index (χ1v) is 10.6. The minimum atomic E-state index is -0.442. The fraction of sp³-hybridized carbons (Fsp3) is 0.333. The van der Waals surface area contributed by atoms with Gasteiger partial charge >= 0.3 is 5.97 Å². The second kappa shape index (κ2) is 8.82. The number of aryl methyl sites for hydroxylation is 1. The van der Waals surface area contributed by atoms with Crippen LogP contribution >= 0.6 is 0 Å². The van der Waals surface area contributed by atoms with Crippen molar-refractivity contribution in [2.75, 3.05) is 13.7 Å². The number of ether oxygens (including phenoxy) is 2. The van der Waals surface area contributed by atoms with Crippen molar-refractivity contribution in [2.45, 2.75) is 32.7 Å². The number of rotatable bonds is 6. The van der Waals surface area contributed by atoms with E-state index in [9.17, 15) is 14.9 Å². The molecule has 32 heavy (non-hydrogen) atoms. The van der Waals surface area contributed by atoms with Crippen molar-refractivity contribution in [3.63, 3.8) is 0 Å². The highest BCUT2D eigenvalue weighted by atomic mass is 16.6. The van der Waals surface area contributed by atoms with Crippen LogP contribution in [0.3, 0.4) is 0 Å². The molecule has 166 valence electrons. The van der Waals surface area contributed by atoms with E-state index in [-0.39, 0.29) is 24.3 Å². The highest BCUT2D eigenvalue weighted by Crippen LogP contribution is 2.45. The first-order chi connectivity index (χ1) is 15.4. The number of nitro benzene ring substituents is 1. The number of hydrazone groups is 1. The molecule has 2 aromatic carbocycles. The molecule has 0 amide bonds. The molecule has 1 aliphatic heterocycles. The van der Waals surface area contributed by atoms with Crippen LogP contribution in [-0.4, -0.2) is 35.3 Å². The molecule has 2 aliphatic rings. The van der Waals surface area contributed by atoms with Gasteiger partial charge < -0.3 is 9.47 Å². The van der Waals surface area contributed by atoms with Gasteiger partial charge in [0.1, 0.15) is 5.75 Å². The number of benzene rings is 2. The Morgan fingerprint density at radius 3 is 2.84 bits per heavy atom. The Labute approximate surface area is 186 Å². The van der Waals surface area contributed by atoms with Gasteiger partial charge in [0.05, 0.1) is 30.4 Å². The van der Waals surface area contributed by atoms with E-state index in [2.05, 4.69) is 0 Å². The minimum absolute atomic E-state index is 0.0310. The number of hydrogen-bond donors (Lipinski definition) is 0. The van der Waals surface area contributed by atoms with Crippen LogP contribution in [0.5, 0.6) is 5.75 Å². The highest BCUT2D eigenvalue weighted by Gasteiger charge is 2.42. The van der Waals surface area contributed by atoms with Crippen LogP contribution < -0.4 is 4.74 Å². The van der Waals surface area contributed by atoms with Crippen molar-refractivity contribution in [3.05, 3.63) is 81.0 Å². The standard InChI is InChI=1S/C24H25N3O5/c1-4-32-22(28)12-15(2)26-24(17-6-5-7-18(13-17)27(29)30)21-10-8-16-14-19(31-3)9-11-20(16)23(21)25-26/h5-7,9,11-14,21,24H,4,8,10H2,1-3H3/b15-12+. The first-order valence-electron chi connectivity index (χ1n) is 10.6. The van der Waals surface area contributed by atoms with Gasteiger partial charge in [-0.2, -0.15) is 5.10 Å². The van der Waals surface area contributed by atoms with Crippen molar-refractivity contribution >= 4 is 17.4 Å². The molecule has 8 nitrogen and oxygen atoms in total. The molecule has 0 radical (unpaired) electrons. The predicted molar refractivity (Wildman–Crippen MR) is 119 cm³/mol. The number of nitrogens with zero attached hydrogens (tertiary/aromatic N) is 3. The van der Waals surface area contributed by atoms with Crippen LogP contribution in [-0.2, 0) is 16.0 Å². The van der Waals surface area contributed by atoms with E-state index in [0.29, 0.717) is 5.70 Å². The van der Waals surface area contributed by atoms with E-state index in [4.69, 9.17) is 14.6 Å². The number of nitro groups is 1. The monoisotopic (exact) mass is 435 g/mol. The van der Waals surface area contributed by atoms with Crippen LogP contribution in [0, 0.1) is 16.0 Å². The Morgan fingerprint density at radius 2 is 2.12 bits per heavy atom. The zero-order valence-corrected chi connectivity index (χ0v) is 18.3. The molecule has 0 aromatic heterocycles. The molecular formula is C24H25N3O5. The van der Waals surface area contributed by atoms with Gasteiger partial charge in [0.15, 0.2) is 0 Å². The summed E-state index contributed by atoms with van der Waals surface area (Å²) in [4.78, 5) is 23.1. The van der Waals surface area contributed by atoms with Gasteiger partial charge in [-0.3, -0.25) is 15.1 Å². The third-order valence-corrected chi connectivity index (χ3v) is 5.92. The normalized spacial score (nSPS) is 19.7. The predicted octanol–water partition coefficient (Wildman–Crippen LogP) is 4.39. The minimum Gasteiger partial charge on any atom is -0.497 e. The van der Waals surface area contributed by atoms with Crippen molar-refractivity contribution in [3.8, 4) is 5.75 Å². The van der Waals surface area contributed by atoms with Crippen LogP contribution in [0.2, 0.25) is 0 Å². The largest absolute Gasteiger partial charge is 0.497 e. The number of allylic oxidation sites excluding steroid dienone is 1. The average molecular weight is 435 g/mol. The van der Waals surface area contributed by atoms with Gasteiger partial charge in [-0.25, -0.2) is 4.79 Å². The summed E-state index contributed by atoms with van der Waals surface area (Å²) in [5.41, 5.74) is 4.56. The molecular weight excluding hydrogens is 410 g/mol. The summed E-state index contributed by atoms with van der Waals surface area (Å²) in [6.45, 7) is 3.84. The van der Waals surface area contributed by atoms with Crippen LogP contribution in [0.4, 0.5) is 5.69 Å². The van der Waals surface area contributed by atoms with Crippen LogP contribution in [0.25, 0.3) is 0 Å². The number of carbonyl (C=O) groups is 1. The molecule has 0 bridgehead atoms. The van der Waals surface area contributed by atoms with E-state index in [1.54, 1.807) is 38.1 Å². The Bertz CT molecular complexity index is 1120. The number of carbonyl (C=O) groups excluding carboxylic acids is 1. The fourth-order valence-electron chi connectivity index (χ4n) is 4.50.